The fourth-order valence-corrected chi connectivity index (χ4v) is 4.23. The van der Waals surface area contributed by atoms with Gasteiger partial charge in [-0.15, -0.1) is 0 Å². The molecule has 0 N–H and O–H groups in total. The lowest BCUT2D eigenvalue weighted by atomic mass is 9.81. The summed E-state index contributed by atoms with van der Waals surface area (Å²) in [7, 11) is 3.95. The molecule has 3 aliphatic rings. The number of carbonyl (C=O) groups excluding carboxylic acids is 1. The number of nitrogens with zero attached hydrogens (tertiary/aromatic N) is 5. The van der Waals surface area contributed by atoms with Crippen LogP contribution in [0.25, 0.3) is 0 Å². The van der Waals surface area contributed by atoms with Crippen LogP contribution in [0.15, 0.2) is 12.4 Å². The Bertz CT molecular complexity index is 671. The summed E-state index contributed by atoms with van der Waals surface area (Å²) in [6.45, 7) is 4.90. The Labute approximate surface area is 160 Å². The highest BCUT2D eigenvalue weighted by molar-refractivity contribution is 5.77. The van der Waals surface area contributed by atoms with E-state index >= 15 is 0 Å². The van der Waals surface area contributed by atoms with Crippen LogP contribution in [0.1, 0.15) is 19.3 Å². The van der Waals surface area contributed by atoms with Crippen molar-refractivity contribution in [2.24, 2.45) is 5.92 Å². The minimum absolute atomic E-state index is 0.118. The van der Waals surface area contributed by atoms with E-state index in [0.29, 0.717) is 12.5 Å². The summed E-state index contributed by atoms with van der Waals surface area (Å²) < 4.78 is 11.9. The molecule has 0 bridgehead atoms. The van der Waals surface area contributed by atoms with Gasteiger partial charge in [-0.1, -0.05) is 0 Å². The van der Waals surface area contributed by atoms with Crippen molar-refractivity contribution >= 4 is 17.5 Å². The quantitative estimate of drug-likeness (QED) is 0.727. The van der Waals surface area contributed by atoms with Gasteiger partial charge < -0.3 is 24.2 Å². The third kappa shape index (κ3) is 3.73. The smallest absolute Gasteiger partial charge is 0.248 e. The van der Waals surface area contributed by atoms with Gasteiger partial charge in [-0.25, -0.2) is 9.97 Å². The normalized spacial score (nSPS) is 23.7. The molecule has 0 saturated carbocycles. The molecule has 1 aromatic heterocycles. The number of amides is 1. The number of ether oxygens (including phenoxy) is 2. The van der Waals surface area contributed by atoms with Gasteiger partial charge in [0.15, 0.2) is 0 Å². The molecule has 3 saturated heterocycles. The zero-order chi connectivity index (χ0) is 18.9. The Morgan fingerprint density at radius 2 is 2.11 bits per heavy atom. The zero-order valence-electron chi connectivity index (χ0n) is 16.3. The minimum Gasteiger partial charge on any atom is -0.371 e. The summed E-state index contributed by atoms with van der Waals surface area (Å²) in [6, 6.07) is 2.00. The molecule has 4 heterocycles. The van der Waals surface area contributed by atoms with Crippen LogP contribution in [-0.2, 0) is 14.3 Å². The molecule has 8 heteroatoms. The van der Waals surface area contributed by atoms with E-state index in [4.69, 9.17) is 9.47 Å². The first-order valence-corrected chi connectivity index (χ1v) is 9.81. The van der Waals surface area contributed by atoms with Gasteiger partial charge in [-0.2, -0.15) is 0 Å². The standard InChI is InChI=1S/C19H29N5O3/c1-22(2)16-9-17(21-14-20-16)24-12-19(13-24)15(5-8-27-19)10-26-11-18(25)23-6-3-4-7-23/h9,14-15H,3-8,10-13H2,1-2H3/t15-/m1/s1. The molecule has 3 fully saturated rings. The van der Waals surface area contributed by atoms with Crippen LogP contribution < -0.4 is 9.80 Å². The van der Waals surface area contributed by atoms with Crippen molar-refractivity contribution in [3.05, 3.63) is 12.4 Å². The molecule has 3 aliphatic heterocycles. The third-order valence-electron chi connectivity index (χ3n) is 5.94. The minimum atomic E-state index is -0.167. The SMILES string of the molecule is CN(C)c1cc(N2CC3(C2)OCC[C@@H]3COCC(=O)N2CCCC2)ncn1. The highest BCUT2D eigenvalue weighted by Crippen LogP contribution is 2.41. The monoisotopic (exact) mass is 375 g/mol. The van der Waals surface area contributed by atoms with Gasteiger partial charge in [0.25, 0.3) is 0 Å². The lowest BCUT2D eigenvalue weighted by molar-refractivity contribution is -0.136. The maximum atomic E-state index is 12.1. The van der Waals surface area contributed by atoms with Crippen LogP contribution in [0.2, 0.25) is 0 Å². The van der Waals surface area contributed by atoms with E-state index in [1.165, 1.54) is 0 Å². The molecule has 4 rings (SSSR count). The van der Waals surface area contributed by atoms with E-state index in [2.05, 4.69) is 14.9 Å². The average Bonchev–Trinajstić information content (AvgIpc) is 3.30. The third-order valence-corrected chi connectivity index (χ3v) is 5.94. The number of anilines is 2. The van der Waals surface area contributed by atoms with Crippen molar-refractivity contribution in [2.75, 3.05) is 69.9 Å². The largest absolute Gasteiger partial charge is 0.371 e. The van der Waals surface area contributed by atoms with Gasteiger partial charge in [-0.3, -0.25) is 4.79 Å². The van der Waals surface area contributed by atoms with Gasteiger partial charge in [-0.05, 0) is 19.3 Å². The van der Waals surface area contributed by atoms with Gasteiger partial charge in [0, 0.05) is 45.8 Å². The number of likely N-dealkylation sites (tertiary alicyclic amines) is 1. The Kier molecular flexibility index (Phi) is 5.19. The molecule has 0 unspecified atom stereocenters. The van der Waals surface area contributed by atoms with Gasteiger partial charge >= 0.3 is 0 Å². The van der Waals surface area contributed by atoms with Crippen molar-refractivity contribution < 1.29 is 14.3 Å². The van der Waals surface area contributed by atoms with E-state index in [1.807, 2.05) is 30.0 Å². The molecule has 1 spiro atoms. The first-order chi connectivity index (χ1) is 13.1. The summed E-state index contributed by atoms with van der Waals surface area (Å²) in [6.07, 6.45) is 4.81. The fourth-order valence-electron chi connectivity index (χ4n) is 4.23. The molecule has 27 heavy (non-hydrogen) atoms. The summed E-state index contributed by atoms with van der Waals surface area (Å²) in [5, 5.41) is 0. The maximum absolute atomic E-state index is 12.1. The van der Waals surface area contributed by atoms with Gasteiger partial charge in [0.2, 0.25) is 5.91 Å². The zero-order valence-corrected chi connectivity index (χ0v) is 16.3. The summed E-state index contributed by atoms with van der Waals surface area (Å²) in [5.74, 6) is 2.27. The average molecular weight is 375 g/mol. The van der Waals surface area contributed by atoms with Crippen LogP contribution in [0.4, 0.5) is 11.6 Å². The molecule has 1 atom stereocenters. The van der Waals surface area contributed by atoms with Crippen molar-refractivity contribution in [3.8, 4) is 0 Å². The summed E-state index contributed by atoms with van der Waals surface area (Å²) in [5.41, 5.74) is -0.167. The number of rotatable bonds is 6. The molecule has 0 aliphatic carbocycles. The van der Waals surface area contributed by atoms with Crippen molar-refractivity contribution in [1.82, 2.24) is 14.9 Å². The van der Waals surface area contributed by atoms with E-state index < -0.39 is 0 Å². The van der Waals surface area contributed by atoms with E-state index in [9.17, 15) is 4.79 Å². The van der Waals surface area contributed by atoms with Crippen LogP contribution in [0.3, 0.4) is 0 Å². The van der Waals surface area contributed by atoms with E-state index in [1.54, 1.807) is 6.33 Å². The molecular formula is C19H29N5O3. The molecule has 0 radical (unpaired) electrons. The molecule has 1 aromatic rings. The first-order valence-electron chi connectivity index (χ1n) is 9.81. The Morgan fingerprint density at radius 1 is 1.33 bits per heavy atom. The first kappa shape index (κ1) is 18.4. The van der Waals surface area contributed by atoms with Gasteiger partial charge in [0.05, 0.1) is 19.7 Å². The van der Waals surface area contributed by atoms with Crippen LogP contribution >= 0.6 is 0 Å². The molecule has 0 aromatic carbocycles. The van der Waals surface area contributed by atoms with Crippen LogP contribution in [0, 0.1) is 5.92 Å². The Morgan fingerprint density at radius 3 is 2.85 bits per heavy atom. The lowest BCUT2D eigenvalue weighted by Crippen LogP contribution is -2.65. The van der Waals surface area contributed by atoms with E-state index in [-0.39, 0.29) is 18.1 Å². The predicted octanol–water partition coefficient (Wildman–Crippen LogP) is 0.777. The van der Waals surface area contributed by atoms with Crippen molar-refractivity contribution in [1.29, 1.82) is 0 Å². The fraction of sp³-hybridized carbons (Fsp3) is 0.737. The maximum Gasteiger partial charge on any atom is 0.248 e. The molecular weight excluding hydrogens is 346 g/mol. The van der Waals surface area contributed by atoms with Crippen LogP contribution in [-0.4, -0.2) is 86.5 Å². The van der Waals surface area contributed by atoms with Crippen molar-refractivity contribution in [3.63, 3.8) is 0 Å². The number of carbonyl (C=O) groups is 1. The second kappa shape index (κ2) is 7.59. The van der Waals surface area contributed by atoms with Gasteiger partial charge in [0.1, 0.15) is 30.2 Å². The molecule has 148 valence electrons. The second-order valence-corrected chi connectivity index (χ2v) is 7.99. The predicted molar refractivity (Wildman–Crippen MR) is 102 cm³/mol. The topological polar surface area (TPSA) is 71.0 Å². The number of hydrogen-bond acceptors (Lipinski definition) is 7. The number of hydrogen-bond donors (Lipinski definition) is 0. The Hall–Kier alpha value is -1.93. The highest BCUT2D eigenvalue weighted by Gasteiger charge is 2.53. The van der Waals surface area contributed by atoms with Crippen LogP contribution in [0.5, 0.6) is 0 Å². The highest BCUT2D eigenvalue weighted by atomic mass is 16.5. The van der Waals surface area contributed by atoms with E-state index in [0.717, 1.165) is 63.7 Å². The molecule has 1 amide bonds. The molecule has 8 nitrogen and oxygen atoms in total. The summed E-state index contributed by atoms with van der Waals surface area (Å²) in [4.78, 5) is 26.9. The Balaban J connectivity index is 1.29. The lowest BCUT2D eigenvalue weighted by Gasteiger charge is -2.50. The van der Waals surface area contributed by atoms with Crippen molar-refractivity contribution in [2.45, 2.75) is 24.9 Å². The second-order valence-electron chi connectivity index (χ2n) is 7.99. The number of aromatic nitrogens is 2. The summed E-state index contributed by atoms with van der Waals surface area (Å²) >= 11 is 0.